The number of hydrogen-bond donors (Lipinski definition) is 0. The summed E-state index contributed by atoms with van der Waals surface area (Å²) in [4.78, 5) is 10.8. The second-order valence-corrected chi connectivity index (χ2v) is 5.08. The smallest absolute Gasteiger partial charge is 0.333 e. The van der Waals surface area contributed by atoms with E-state index in [1.165, 1.54) is 0 Å². The lowest BCUT2D eigenvalue weighted by atomic mass is 10.4. The lowest BCUT2D eigenvalue weighted by Crippen LogP contribution is -2.07. The topological polar surface area (TPSA) is 43.4 Å². The summed E-state index contributed by atoms with van der Waals surface area (Å²) in [6, 6.07) is 0. The lowest BCUT2D eigenvalue weighted by Gasteiger charge is -1.99. The Morgan fingerprint density at radius 2 is 2.09 bits per heavy atom. The van der Waals surface area contributed by atoms with Gasteiger partial charge in [-0.25, -0.2) is 4.79 Å². The maximum Gasteiger partial charge on any atom is 0.333 e. The van der Waals surface area contributed by atoms with Gasteiger partial charge in [-0.15, -0.1) is 0 Å². The molecule has 1 rings (SSSR count). The van der Waals surface area contributed by atoms with Crippen molar-refractivity contribution >= 4 is 13.8 Å². The SMILES string of the molecule is C=C(C)C(=O)OC1C(C)[PH]1=O. The zero-order valence-corrected chi connectivity index (χ0v) is 7.59. The number of ether oxygens (including phenoxy) is 1. The zero-order chi connectivity index (χ0) is 8.59. The van der Waals surface area contributed by atoms with Crippen LogP contribution < -0.4 is 0 Å². The molecule has 11 heavy (non-hydrogen) atoms. The molecule has 1 saturated heterocycles. The molecule has 3 atom stereocenters. The summed E-state index contributed by atoms with van der Waals surface area (Å²) in [6.45, 7) is 6.81. The van der Waals surface area contributed by atoms with Crippen LogP contribution in [0.1, 0.15) is 13.8 Å². The standard InChI is InChI=1S/C7H11O3P/c1-4(2)6(8)10-7-5(3)11(7)9/h5,7,11H,1H2,2-3H3. The van der Waals surface area contributed by atoms with Crippen molar-refractivity contribution in [2.75, 3.05) is 0 Å². The molecule has 0 aromatic carbocycles. The number of carbonyl (C=O) groups is 1. The van der Waals surface area contributed by atoms with Crippen LogP contribution in [0.2, 0.25) is 0 Å². The van der Waals surface area contributed by atoms with Gasteiger partial charge in [0.25, 0.3) is 0 Å². The molecule has 1 fully saturated rings. The first-order valence-corrected chi connectivity index (χ1v) is 5.00. The van der Waals surface area contributed by atoms with E-state index in [1.54, 1.807) is 6.92 Å². The van der Waals surface area contributed by atoms with Crippen molar-refractivity contribution in [2.24, 2.45) is 0 Å². The molecule has 0 saturated carbocycles. The fourth-order valence-electron chi connectivity index (χ4n) is 0.709. The Hall–Kier alpha value is -0.560. The Balaban J connectivity index is 2.40. The first-order valence-electron chi connectivity index (χ1n) is 3.44. The van der Waals surface area contributed by atoms with Crippen molar-refractivity contribution in [1.29, 1.82) is 0 Å². The summed E-state index contributed by atoms with van der Waals surface area (Å²) in [5.74, 6) is -0.748. The van der Waals surface area contributed by atoms with E-state index >= 15 is 0 Å². The van der Waals surface area contributed by atoms with Crippen LogP contribution >= 0.6 is 7.80 Å². The van der Waals surface area contributed by atoms with Gasteiger partial charge in [0.1, 0.15) is 7.80 Å². The molecular formula is C7H11O3P. The van der Waals surface area contributed by atoms with Crippen LogP contribution in [0, 0.1) is 0 Å². The molecule has 0 aromatic rings. The predicted molar refractivity (Wildman–Crippen MR) is 43.2 cm³/mol. The normalized spacial score (nSPS) is 34.5. The summed E-state index contributed by atoms with van der Waals surface area (Å²) in [5, 5.41) is 0. The molecule has 1 heterocycles. The first-order chi connectivity index (χ1) is 5.04. The average molecular weight is 174 g/mol. The van der Waals surface area contributed by atoms with Gasteiger partial charge in [-0.2, -0.15) is 0 Å². The summed E-state index contributed by atoms with van der Waals surface area (Å²) in [5.41, 5.74) is 0.433. The molecule has 1 aliphatic rings. The fourth-order valence-corrected chi connectivity index (χ4v) is 1.87. The summed E-state index contributed by atoms with van der Waals surface area (Å²) >= 11 is 0. The second kappa shape index (κ2) is 2.82. The molecular weight excluding hydrogens is 163 g/mol. The van der Waals surface area contributed by atoms with E-state index in [0.717, 1.165) is 0 Å². The van der Waals surface area contributed by atoms with Gasteiger partial charge in [0.15, 0.2) is 5.85 Å². The van der Waals surface area contributed by atoms with E-state index in [-0.39, 0.29) is 11.5 Å². The Labute approximate surface area is 66.2 Å². The van der Waals surface area contributed by atoms with Crippen LogP contribution in [-0.4, -0.2) is 17.5 Å². The van der Waals surface area contributed by atoms with Gasteiger partial charge in [0, 0.05) is 5.57 Å². The average Bonchev–Trinajstić information content (AvgIpc) is 2.45. The van der Waals surface area contributed by atoms with Gasteiger partial charge in [-0.1, -0.05) is 13.5 Å². The van der Waals surface area contributed by atoms with E-state index in [1.807, 2.05) is 6.92 Å². The molecule has 0 radical (unpaired) electrons. The minimum atomic E-state index is -1.61. The monoisotopic (exact) mass is 174 g/mol. The van der Waals surface area contributed by atoms with Gasteiger partial charge < -0.3 is 9.30 Å². The molecule has 62 valence electrons. The van der Waals surface area contributed by atoms with E-state index < -0.39 is 13.8 Å². The Bertz CT molecular complexity index is 234. The molecule has 0 bridgehead atoms. The third-order valence-corrected chi connectivity index (χ3v) is 3.65. The Morgan fingerprint density at radius 3 is 2.36 bits per heavy atom. The minimum Gasteiger partial charge on any atom is -0.451 e. The van der Waals surface area contributed by atoms with Crippen LogP contribution in [0.3, 0.4) is 0 Å². The molecule has 0 aromatic heterocycles. The van der Waals surface area contributed by atoms with Crippen LogP contribution in [0.5, 0.6) is 0 Å². The largest absolute Gasteiger partial charge is 0.451 e. The van der Waals surface area contributed by atoms with Crippen molar-refractivity contribution in [2.45, 2.75) is 25.4 Å². The Kier molecular flexibility index (Phi) is 2.19. The number of hydrogen-bond acceptors (Lipinski definition) is 3. The molecule has 0 spiro atoms. The molecule has 3 unspecified atom stereocenters. The highest BCUT2D eigenvalue weighted by molar-refractivity contribution is 7.54. The van der Waals surface area contributed by atoms with Crippen molar-refractivity contribution in [3.05, 3.63) is 12.2 Å². The van der Waals surface area contributed by atoms with E-state index in [9.17, 15) is 9.36 Å². The fraction of sp³-hybridized carbons (Fsp3) is 0.571. The predicted octanol–water partition coefficient (Wildman–Crippen LogP) is 1.39. The highest BCUT2D eigenvalue weighted by atomic mass is 31.1. The van der Waals surface area contributed by atoms with Crippen molar-refractivity contribution in [1.82, 2.24) is 0 Å². The highest BCUT2D eigenvalue weighted by Gasteiger charge is 2.47. The van der Waals surface area contributed by atoms with Crippen molar-refractivity contribution in [3.63, 3.8) is 0 Å². The molecule has 0 amide bonds. The second-order valence-electron chi connectivity index (χ2n) is 2.80. The van der Waals surface area contributed by atoms with Gasteiger partial charge in [-0.05, 0) is 6.92 Å². The zero-order valence-electron chi connectivity index (χ0n) is 6.59. The molecule has 3 nitrogen and oxygen atoms in total. The van der Waals surface area contributed by atoms with Crippen LogP contribution in [0.4, 0.5) is 0 Å². The summed E-state index contributed by atoms with van der Waals surface area (Å²) in [6.07, 6.45) is 0. The number of rotatable bonds is 2. The third kappa shape index (κ3) is 1.72. The van der Waals surface area contributed by atoms with E-state index in [0.29, 0.717) is 5.57 Å². The van der Waals surface area contributed by atoms with Gasteiger partial charge >= 0.3 is 5.97 Å². The molecule has 4 heteroatoms. The van der Waals surface area contributed by atoms with Crippen LogP contribution in [-0.2, 0) is 14.1 Å². The van der Waals surface area contributed by atoms with Crippen molar-refractivity contribution in [3.8, 4) is 0 Å². The number of carbonyl (C=O) groups excluding carboxylic acids is 1. The quantitative estimate of drug-likeness (QED) is 0.361. The van der Waals surface area contributed by atoms with Gasteiger partial charge in [-0.3, -0.25) is 0 Å². The number of esters is 1. The van der Waals surface area contributed by atoms with Gasteiger partial charge in [0.2, 0.25) is 0 Å². The van der Waals surface area contributed by atoms with Crippen LogP contribution in [0.25, 0.3) is 0 Å². The minimum absolute atomic E-state index is 0.0725. The summed E-state index contributed by atoms with van der Waals surface area (Å²) in [7, 11) is -1.61. The van der Waals surface area contributed by atoms with Gasteiger partial charge in [0.05, 0.1) is 5.66 Å². The van der Waals surface area contributed by atoms with E-state index in [2.05, 4.69) is 6.58 Å². The molecule has 0 aliphatic carbocycles. The molecule has 1 aliphatic heterocycles. The third-order valence-electron chi connectivity index (χ3n) is 1.66. The lowest BCUT2D eigenvalue weighted by molar-refractivity contribution is -0.139. The van der Waals surface area contributed by atoms with E-state index in [4.69, 9.17) is 4.74 Å². The first kappa shape index (κ1) is 8.54. The Morgan fingerprint density at radius 1 is 1.64 bits per heavy atom. The molecule has 0 N–H and O–H groups in total. The van der Waals surface area contributed by atoms with Crippen LogP contribution in [0.15, 0.2) is 12.2 Å². The van der Waals surface area contributed by atoms with Crippen molar-refractivity contribution < 1.29 is 14.1 Å². The maximum absolute atomic E-state index is 10.9. The summed E-state index contributed by atoms with van der Waals surface area (Å²) < 4.78 is 15.7. The highest BCUT2D eigenvalue weighted by Crippen LogP contribution is 2.56. The maximum atomic E-state index is 10.9.